The molecule has 1 aliphatic rings. The lowest BCUT2D eigenvalue weighted by Crippen LogP contribution is -2.40. The lowest BCUT2D eigenvalue weighted by Gasteiger charge is -2.22. The summed E-state index contributed by atoms with van der Waals surface area (Å²) in [6, 6.07) is 9.80. The first-order valence-corrected chi connectivity index (χ1v) is 10.0. The minimum atomic E-state index is -0.763. The fourth-order valence-electron chi connectivity index (χ4n) is 3.57. The average Bonchev–Trinajstić information content (AvgIpc) is 3.16. The molecule has 6 nitrogen and oxygen atoms in total. The molecule has 2 N–H and O–H groups in total. The number of fused-ring (bicyclic) bond motifs is 1. The Morgan fingerprint density at radius 3 is 2.55 bits per heavy atom. The van der Waals surface area contributed by atoms with Crippen molar-refractivity contribution in [3.8, 4) is 0 Å². The lowest BCUT2D eigenvalue weighted by molar-refractivity contribution is -0.121. The first-order valence-electron chi connectivity index (χ1n) is 9.67. The van der Waals surface area contributed by atoms with Gasteiger partial charge in [0, 0.05) is 34.3 Å². The fraction of sp³-hybridized carbons (Fsp3) is 0.227. The number of benzene rings is 2. The summed E-state index contributed by atoms with van der Waals surface area (Å²) in [6.45, 7) is 0. The van der Waals surface area contributed by atoms with Crippen LogP contribution in [0, 0.1) is 11.6 Å². The molecule has 1 heterocycles. The van der Waals surface area contributed by atoms with Crippen LogP contribution in [0.3, 0.4) is 0 Å². The normalized spacial score (nSPS) is 15.3. The Hall–Kier alpha value is -3.26. The predicted molar refractivity (Wildman–Crippen MR) is 110 cm³/mol. The second kappa shape index (κ2) is 8.85. The van der Waals surface area contributed by atoms with Crippen molar-refractivity contribution in [1.82, 2.24) is 10.5 Å². The largest absolute Gasteiger partial charge is 0.360 e. The van der Waals surface area contributed by atoms with Crippen molar-refractivity contribution in [3.05, 3.63) is 81.7 Å². The van der Waals surface area contributed by atoms with Gasteiger partial charge in [-0.2, -0.15) is 0 Å². The Morgan fingerprint density at radius 2 is 1.84 bits per heavy atom. The molecule has 1 aliphatic carbocycles. The summed E-state index contributed by atoms with van der Waals surface area (Å²) in [7, 11) is 0. The standard InChI is InChI=1S/C22H18ClF2N3O3/c23-12-4-6-13(7-5-12)27-22(30)21-16-10-14(8-9-19(16)31-28-21)26-20(29)11-15-17(24)2-1-3-18(15)25/h1-7,14H,8-11H2,(H,26,29)(H,27,30). The summed E-state index contributed by atoms with van der Waals surface area (Å²) >= 11 is 5.85. The van der Waals surface area contributed by atoms with E-state index in [2.05, 4.69) is 15.8 Å². The third kappa shape index (κ3) is 4.74. The number of rotatable bonds is 5. The zero-order valence-corrected chi connectivity index (χ0v) is 17.0. The number of carbonyl (C=O) groups excluding carboxylic acids is 2. The Bertz CT molecular complexity index is 1110. The first kappa shape index (κ1) is 21.0. The van der Waals surface area contributed by atoms with Crippen LogP contribution in [-0.4, -0.2) is 23.0 Å². The van der Waals surface area contributed by atoms with Gasteiger partial charge in [-0.3, -0.25) is 9.59 Å². The van der Waals surface area contributed by atoms with Crippen LogP contribution in [0.4, 0.5) is 14.5 Å². The van der Waals surface area contributed by atoms with E-state index in [-0.39, 0.29) is 17.3 Å². The van der Waals surface area contributed by atoms with E-state index in [0.717, 1.165) is 12.1 Å². The smallest absolute Gasteiger partial charge is 0.278 e. The molecule has 1 atom stereocenters. The van der Waals surface area contributed by atoms with Crippen LogP contribution in [0.15, 0.2) is 47.0 Å². The second-order valence-electron chi connectivity index (χ2n) is 7.28. The molecule has 0 radical (unpaired) electrons. The molecule has 4 rings (SSSR count). The molecule has 3 aromatic rings. The molecule has 0 bridgehead atoms. The van der Waals surface area contributed by atoms with E-state index in [4.69, 9.17) is 16.1 Å². The van der Waals surface area contributed by atoms with E-state index in [1.54, 1.807) is 24.3 Å². The fourth-order valence-corrected chi connectivity index (χ4v) is 3.70. The SMILES string of the molecule is O=C(Cc1c(F)cccc1F)NC1CCc2onc(C(=O)Nc3ccc(Cl)cc3)c2C1. The quantitative estimate of drug-likeness (QED) is 0.620. The zero-order chi connectivity index (χ0) is 22.0. The van der Waals surface area contributed by atoms with Crippen LogP contribution in [0.25, 0.3) is 0 Å². The third-order valence-electron chi connectivity index (χ3n) is 5.12. The van der Waals surface area contributed by atoms with Gasteiger partial charge in [0.2, 0.25) is 5.91 Å². The number of amides is 2. The number of nitrogens with one attached hydrogen (secondary N) is 2. The molecule has 0 aliphatic heterocycles. The summed E-state index contributed by atoms with van der Waals surface area (Å²) < 4.78 is 32.9. The Kier molecular flexibility index (Phi) is 5.99. The number of carbonyl (C=O) groups is 2. The van der Waals surface area contributed by atoms with E-state index in [0.29, 0.717) is 41.3 Å². The first-order chi connectivity index (χ1) is 14.9. The molecule has 0 saturated heterocycles. The molecule has 160 valence electrons. The highest BCUT2D eigenvalue weighted by atomic mass is 35.5. The Labute approximate surface area is 181 Å². The molecule has 31 heavy (non-hydrogen) atoms. The molecule has 0 spiro atoms. The summed E-state index contributed by atoms with van der Waals surface area (Å²) in [4.78, 5) is 25.0. The topological polar surface area (TPSA) is 84.2 Å². The molecule has 9 heteroatoms. The van der Waals surface area contributed by atoms with Crippen LogP contribution in [0.5, 0.6) is 0 Å². The van der Waals surface area contributed by atoms with E-state index in [1.807, 2.05) is 0 Å². The van der Waals surface area contributed by atoms with Gasteiger partial charge in [0.25, 0.3) is 5.91 Å². The van der Waals surface area contributed by atoms with Crippen molar-refractivity contribution in [2.75, 3.05) is 5.32 Å². The number of hydrogen-bond donors (Lipinski definition) is 2. The summed E-state index contributed by atoms with van der Waals surface area (Å²) in [5.41, 5.74) is 1.03. The number of aromatic nitrogens is 1. The van der Waals surface area contributed by atoms with Crippen LogP contribution in [0.2, 0.25) is 5.02 Å². The van der Waals surface area contributed by atoms with Gasteiger partial charge in [-0.05, 0) is 49.2 Å². The van der Waals surface area contributed by atoms with Gasteiger partial charge < -0.3 is 15.2 Å². The molecule has 0 saturated carbocycles. The average molecular weight is 446 g/mol. The number of anilines is 1. The second-order valence-corrected chi connectivity index (χ2v) is 7.71. The van der Waals surface area contributed by atoms with Crippen molar-refractivity contribution in [2.24, 2.45) is 0 Å². The van der Waals surface area contributed by atoms with E-state index < -0.39 is 29.9 Å². The maximum atomic E-state index is 13.8. The van der Waals surface area contributed by atoms with Gasteiger partial charge in [0.1, 0.15) is 17.4 Å². The van der Waals surface area contributed by atoms with Crippen LogP contribution in [0.1, 0.15) is 33.8 Å². The van der Waals surface area contributed by atoms with E-state index in [1.165, 1.54) is 6.07 Å². The highest BCUT2D eigenvalue weighted by molar-refractivity contribution is 6.30. The van der Waals surface area contributed by atoms with Gasteiger partial charge in [-0.15, -0.1) is 0 Å². The number of halogens is 3. The molecular formula is C22H18ClF2N3O3. The van der Waals surface area contributed by atoms with Gasteiger partial charge in [0.15, 0.2) is 5.69 Å². The van der Waals surface area contributed by atoms with Crippen molar-refractivity contribution in [3.63, 3.8) is 0 Å². The van der Waals surface area contributed by atoms with Gasteiger partial charge in [0.05, 0.1) is 6.42 Å². The van der Waals surface area contributed by atoms with Crippen LogP contribution >= 0.6 is 11.6 Å². The predicted octanol–water partition coefficient (Wildman–Crippen LogP) is 4.07. The molecule has 1 aromatic heterocycles. The molecular weight excluding hydrogens is 428 g/mol. The maximum absolute atomic E-state index is 13.8. The number of aryl methyl sites for hydroxylation is 1. The van der Waals surface area contributed by atoms with Gasteiger partial charge in [-0.1, -0.05) is 22.8 Å². The Balaban J connectivity index is 1.42. The molecule has 2 amide bonds. The van der Waals surface area contributed by atoms with Crippen molar-refractivity contribution in [1.29, 1.82) is 0 Å². The summed E-state index contributed by atoms with van der Waals surface area (Å²) in [5, 5.41) is 9.96. The van der Waals surface area contributed by atoms with E-state index >= 15 is 0 Å². The highest BCUT2D eigenvalue weighted by Gasteiger charge is 2.29. The minimum Gasteiger partial charge on any atom is -0.360 e. The van der Waals surface area contributed by atoms with Crippen molar-refractivity contribution < 1.29 is 22.9 Å². The van der Waals surface area contributed by atoms with Crippen molar-refractivity contribution in [2.45, 2.75) is 31.7 Å². The van der Waals surface area contributed by atoms with Gasteiger partial charge >= 0.3 is 0 Å². The third-order valence-corrected chi connectivity index (χ3v) is 5.37. The monoisotopic (exact) mass is 445 g/mol. The summed E-state index contributed by atoms with van der Waals surface area (Å²) in [6.07, 6.45) is 0.963. The van der Waals surface area contributed by atoms with Crippen molar-refractivity contribution >= 4 is 29.1 Å². The van der Waals surface area contributed by atoms with E-state index in [9.17, 15) is 18.4 Å². The van der Waals surface area contributed by atoms with Gasteiger partial charge in [-0.25, -0.2) is 8.78 Å². The number of hydrogen-bond acceptors (Lipinski definition) is 4. The lowest BCUT2D eigenvalue weighted by atomic mass is 9.91. The Morgan fingerprint density at radius 1 is 1.13 bits per heavy atom. The molecule has 1 unspecified atom stereocenters. The number of nitrogens with zero attached hydrogens (tertiary/aromatic N) is 1. The maximum Gasteiger partial charge on any atom is 0.278 e. The minimum absolute atomic E-state index is 0.143. The molecule has 0 fully saturated rings. The summed E-state index contributed by atoms with van der Waals surface area (Å²) in [5.74, 6) is -1.87. The zero-order valence-electron chi connectivity index (χ0n) is 16.3. The van der Waals surface area contributed by atoms with Crippen LogP contribution < -0.4 is 10.6 Å². The van der Waals surface area contributed by atoms with Crippen LogP contribution in [-0.2, 0) is 24.1 Å². The molecule has 2 aromatic carbocycles. The highest BCUT2D eigenvalue weighted by Crippen LogP contribution is 2.26.